The topological polar surface area (TPSA) is 108 Å². The van der Waals surface area contributed by atoms with Gasteiger partial charge >= 0.3 is 0 Å². The number of nitrogens with zero attached hydrogens (tertiary/aromatic N) is 4. The number of aryl methyl sites for hydroxylation is 2. The summed E-state index contributed by atoms with van der Waals surface area (Å²) in [5.41, 5.74) is 1.56. The number of hydrogen-bond acceptors (Lipinski definition) is 8. The number of sulfonamides is 1. The Morgan fingerprint density at radius 2 is 1.86 bits per heavy atom. The van der Waals surface area contributed by atoms with Gasteiger partial charge < -0.3 is 19.5 Å². The van der Waals surface area contributed by atoms with Gasteiger partial charge in [0.15, 0.2) is 5.76 Å². The van der Waals surface area contributed by atoms with Crippen LogP contribution in [-0.2, 0) is 14.8 Å². The Labute approximate surface area is 213 Å². The van der Waals surface area contributed by atoms with Crippen molar-refractivity contribution in [2.45, 2.75) is 38.0 Å². The lowest BCUT2D eigenvalue weighted by Gasteiger charge is -2.36. The largest absolute Gasteiger partial charge is 0.497 e. The molecule has 2 aliphatic rings. The van der Waals surface area contributed by atoms with Gasteiger partial charge in [-0.15, -0.1) is 0 Å². The van der Waals surface area contributed by atoms with E-state index in [1.165, 1.54) is 9.99 Å². The minimum atomic E-state index is -3.73. The van der Waals surface area contributed by atoms with Gasteiger partial charge in [-0.05, 0) is 63.9 Å². The monoisotopic (exact) mass is 519 g/mol. The summed E-state index contributed by atoms with van der Waals surface area (Å²) >= 11 is 0. The molecule has 0 aliphatic carbocycles. The Morgan fingerprint density at radius 3 is 2.50 bits per heavy atom. The summed E-state index contributed by atoms with van der Waals surface area (Å²) in [6, 6.07) is 8.16. The number of benzene rings is 1. The van der Waals surface area contributed by atoms with E-state index in [9.17, 15) is 13.2 Å². The van der Waals surface area contributed by atoms with Crippen molar-refractivity contribution < 1.29 is 22.5 Å². The first-order valence-corrected chi connectivity index (χ1v) is 14.1. The zero-order chi connectivity index (χ0) is 25.7. The molecule has 1 aromatic carbocycles. The summed E-state index contributed by atoms with van der Waals surface area (Å²) in [5, 5.41) is 6.80. The van der Waals surface area contributed by atoms with Crippen molar-refractivity contribution in [1.82, 2.24) is 19.7 Å². The fraction of sp³-hybridized carbons (Fsp3) is 0.600. The maximum Gasteiger partial charge on any atom is 0.248 e. The third-order valence-corrected chi connectivity index (χ3v) is 9.19. The standard InChI is InChI=1S/C25H37N5O5S/c1-19-24(20(2)35-27-19)36(32,33)30-13-4-6-21(18-30)25(31)26-11-5-12-28-14-16-29(17-15-28)22-7-9-23(34-3)10-8-22/h7-10,21H,4-6,11-18H2,1-3H3,(H,26,31)/t21-/m0/s1. The maximum atomic E-state index is 13.1. The maximum absolute atomic E-state index is 13.1. The Hall–Kier alpha value is -2.63. The molecule has 4 rings (SSSR count). The van der Waals surface area contributed by atoms with E-state index in [1.54, 1.807) is 21.0 Å². The van der Waals surface area contributed by atoms with Crippen LogP contribution in [0.2, 0.25) is 0 Å². The van der Waals surface area contributed by atoms with Crippen molar-refractivity contribution in [3.05, 3.63) is 35.7 Å². The molecule has 10 nitrogen and oxygen atoms in total. The van der Waals surface area contributed by atoms with Gasteiger partial charge in [0.2, 0.25) is 15.9 Å². The van der Waals surface area contributed by atoms with Crippen LogP contribution in [0.4, 0.5) is 5.69 Å². The molecule has 2 aliphatic heterocycles. The van der Waals surface area contributed by atoms with Crippen LogP contribution in [0.25, 0.3) is 0 Å². The summed E-state index contributed by atoms with van der Waals surface area (Å²) in [6.07, 6.45) is 2.20. The van der Waals surface area contributed by atoms with Crippen molar-refractivity contribution in [2.75, 3.05) is 64.4 Å². The second-order valence-corrected chi connectivity index (χ2v) is 11.4. The van der Waals surface area contributed by atoms with Crippen molar-refractivity contribution in [3.8, 4) is 5.75 Å². The Bertz CT molecular complexity index is 1110. The van der Waals surface area contributed by atoms with Gasteiger partial charge in [0.05, 0.1) is 13.0 Å². The molecule has 0 spiro atoms. The minimum Gasteiger partial charge on any atom is -0.497 e. The number of rotatable bonds is 9. The van der Waals surface area contributed by atoms with Gasteiger partial charge in [0.1, 0.15) is 16.3 Å². The van der Waals surface area contributed by atoms with Crippen molar-refractivity contribution >= 4 is 21.6 Å². The molecule has 3 heterocycles. The zero-order valence-corrected chi connectivity index (χ0v) is 22.2. The average molecular weight is 520 g/mol. The second-order valence-electron chi connectivity index (χ2n) is 9.53. The van der Waals surface area contributed by atoms with Crippen LogP contribution in [0.5, 0.6) is 5.75 Å². The lowest BCUT2D eigenvalue weighted by molar-refractivity contribution is -0.126. The van der Waals surface area contributed by atoms with Crippen molar-refractivity contribution in [2.24, 2.45) is 5.92 Å². The second kappa shape index (κ2) is 11.6. The van der Waals surface area contributed by atoms with Gasteiger partial charge in [0, 0.05) is 51.5 Å². The number of nitrogens with one attached hydrogen (secondary N) is 1. The SMILES string of the molecule is COc1ccc(N2CCN(CCCNC(=O)[C@H]3CCCN(S(=O)(=O)c4c(C)noc4C)C3)CC2)cc1. The molecule has 198 valence electrons. The number of amides is 1. The predicted octanol–water partition coefficient (Wildman–Crippen LogP) is 2.03. The van der Waals surface area contributed by atoms with Crippen LogP contribution in [0, 0.1) is 19.8 Å². The molecule has 2 aromatic rings. The molecule has 1 atom stereocenters. The molecular weight excluding hydrogens is 482 g/mol. The Balaban J connectivity index is 1.18. The van der Waals surface area contributed by atoms with E-state index in [2.05, 4.69) is 32.4 Å². The zero-order valence-electron chi connectivity index (χ0n) is 21.4. The van der Waals surface area contributed by atoms with Crippen LogP contribution in [-0.4, -0.2) is 88.2 Å². The number of piperazine rings is 1. The number of aromatic nitrogens is 1. The number of anilines is 1. The summed E-state index contributed by atoms with van der Waals surface area (Å²) in [7, 11) is -2.06. The van der Waals surface area contributed by atoms with Crippen LogP contribution >= 0.6 is 0 Å². The molecule has 2 fully saturated rings. The lowest BCUT2D eigenvalue weighted by Crippen LogP contribution is -2.47. The van der Waals surface area contributed by atoms with Gasteiger partial charge in [-0.25, -0.2) is 8.42 Å². The van der Waals surface area contributed by atoms with Crippen LogP contribution in [0.1, 0.15) is 30.7 Å². The van der Waals surface area contributed by atoms with E-state index in [0.29, 0.717) is 31.6 Å². The summed E-state index contributed by atoms with van der Waals surface area (Å²) < 4.78 is 37.9. The highest BCUT2D eigenvalue weighted by molar-refractivity contribution is 7.89. The smallest absolute Gasteiger partial charge is 0.248 e. The fourth-order valence-electron chi connectivity index (χ4n) is 5.03. The molecule has 0 radical (unpaired) electrons. The predicted molar refractivity (Wildman–Crippen MR) is 137 cm³/mol. The molecule has 1 aromatic heterocycles. The van der Waals surface area contributed by atoms with Crippen molar-refractivity contribution in [3.63, 3.8) is 0 Å². The molecule has 0 saturated carbocycles. The van der Waals surface area contributed by atoms with Gasteiger partial charge in [-0.3, -0.25) is 9.69 Å². The summed E-state index contributed by atoms with van der Waals surface area (Å²) in [5.74, 6) is 0.728. The lowest BCUT2D eigenvalue weighted by atomic mass is 9.99. The summed E-state index contributed by atoms with van der Waals surface area (Å²) in [4.78, 5) is 17.7. The third kappa shape index (κ3) is 6.01. The minimum absolute atomic E-state index is 0.0713. The first-order valence-electron chi connectivity index (χ1n) is 12.6. The summed E-state index contributed by atoms with van der Waals surface area (Å²) in [6.45, 7) is 9.22. The molecular formula is C25H37N5O5S. The number of carbonyl (C=O) groups is 1. The van der Waals surface area contributed by atoms with Gasteiger partial charge in [-0.2, -0.15) is 4.31 Å². The highest BCUT2D eigenvalue weighted by Gasteiger charge is 2.36. The van der Waals surface area contributed by atoms with Crippen LogP contribution in [0.15, 0.2) is 33.7 Å². The first kappa shape index (κ1) is 26.4. The van der Waals surface area contributed by atoms with E-state index in [-0.39, 0.29) is 29.0 Å². The van der Waals surface area contributed by atoms with E-state index in [0.717, 1.165) is 44.9 Å². The van der Waals surface area contributed by atoms with E-state index >= 15 is 0 Å². The van der Waals surface area contributed by atoms with Gasteiger partial charge in [0.25, 0.3) is 0 Å². The third-order valence-electron chi connectivity index (χ3n) is 7.08. The fourth-order valence-corrected chi connectivity index (χ4v) is 6.84. The molecule has 1 N–H and O–H groups in total. The van der Waals surface area contributed by atoms with E-state index in [1.807, 2.05) is 12.1 Å². The van der Waals surface area contributed by atoms with E-state index in [4.69, 9.17) is 9.26 Å². The van der Waals surface area contributed by atoms with Crippen molar-refractivity contribution in [1.29, 1.82) is 0 Å². The number of hydrogen-bond donors (Lipinski definition) is 1. The Kier molecular flexibility index (Phi) is 8.53. The Morgan fingerprint density at radius 1 is 1.14 bits per heavy atom. The van der Waals surface area contributed by atoms with Crippen LogP contribution in [0.3, 0.4) is 0 Å². The number of piperidine rings is 1. The highest BCUT2D eigenvalue weighted by Crippen LogP contribution is 2.28. The number of methoxy groups -OCH3 is 1. The normalized spacial score (nSPS) is 19.9. The highest BCUT2D eigenvalue weighted by atomic mass is 32.2. The average Bonchev–Trinajstić information content (AvgIpc) is 3.25. The molecule has 11 heteroatoms. The number of ether oxygens (including phenoxy) is 1. The number of carbonyl (C=O) groups excluding carboxylic acids is 1. The quantitative estimate of drug-likeness (QED) is 0.502. The van der Waals surface area contributed by atoms with Crippen LogP contribution < -0.4 is 15.0 Å². The molecule has 1 amide bonds. The molecule has 36 heavy (non-hydrogen) atoms. The first-order chi connectivity index (χ1) is 17.3. The van der Waals surface area contributed by atoms with Gasteiger partial charge in [-0.1, -0.05) is 5.16 Å². The molecule has 0 unspecified atom stereocenters. The van der Waals surface area contributed by atoms with E-state index < -0.39 is 10.0 Å². The molecule has 0 bridgehead atoms. The molecule has 2 saturated heterocycles.